The summed E-state index contributed by atoms with van der Waals surface area (Å²) in [6.07, 6.45) is 1.32. The van der Waals surface area contributed by atoms with Crippen LogP contribution in [0.4, 0.5) is 0 Å². The summed E-state index contributed by atoms with van der Waals surface area (Å²) >= 11 is 0. The summed E-state index contributed by atoms with van der Waals surface area (Å²) in [5.41, 5.74) is 1.33. The van der Waals surface area contributed by atoms with Crippen molar-refractivity contribution in [2.24, 2.45) is 0 Å². The molecular weight excluding hydrogens is 366 g/mol. The van der Waals surface area contributed by atoms with E-state index in [4.69, 9.17) is 4.74 Å². The van der Waals surface area contributed by atoms with Crippen LogP contribution in [0.2, 0.25) is 0 Å². The number of nitrogens with zero attached hydrogens (tertiary/aromatic N) is 1. The zero-order valence-corrected chi connectivity index (χ0v) is 16.0. The van der Waals surface area contributed by atoms with E-state index < -0.39 is 16.0 Å². The molecule has 0 radical (unpaired) electrons. The number of benzene rings is 2. The number of methoxy groups -OCH3 is 1. The second-order valence-corrected chi connectivity index (χ2v) is 8.36. The number of carbonyl (C=O) groups excluding carboxylic acids is 1. The van der Waals surface area contributed by atoms with E-state index in [1.807, 2.05) is 30.3 Å². The van der Waals surface area contributed by atoms with Crippen LogP contribution in [0.3, 0.4) is 0 Å². The lowest BCUT2D eigenvalue weighted by atomic mass is 10.1. The maximum absolute atomic E-state index is 12.9. The molecule has 0 N–H and O–H groups in total. The molecule has 2 aromatic carbocycles. The Labute approximate surface area is 159 Å². The molecule has 27 heavy (non-hydrogen) atoms. The zero-order chi connectivity index (χ0) is 19.3. The van der Waals surface area contributed by atoms with Crippen molar-refractivity contribution in [2.45, 2.75) is 30.4 Å². The first kappa shape index (κ1) is 19.5. The fraction of sp³-hybridized carbons (Fsp3) is 0.350. The molecule has 6 nitrogen and oxygen atoms in total. The zero-order valence-electron chi connectivity index (χ0n) is 15.2. The number of hydrogen-bond acceptors (Lipinski definition) is 5. The molecule has 0 saturated carbocycles. The SMILES string of the molecule is COC(=O)c1cccc(S(=O)(=O)N2CCC(OCc3ccccc3)CC2)c1. The number of piperidine rings is 1. The van der Waals surface area contributed by atoms with E-state index in [1.165, 1.54) is 29.6 Å². The third-order valence-corrected chi connectivity index (χ3v) is 6.52. The quantitative estimate of drug-likeness (QED) is 0.711. The molecule has 3 rings (SSSR count). The van der Waals surface area contributed by atoms with E-state index in [0.717, 1.165) is 5.56 Å². The van der Waals surface area contributed by atoms with Crippen LogP contribution in [-0.4, -0.2) is 45.0 Å². The highest BCUT2D eigenvalue weighted by molar-refractivity contribution is 7.89. The first-order valence-electron chi connectivity index (χ1n) is 8.85. The van der Waals surface area contributed by atoms with Gasteiger partial charge in [0.1, 0.15) is 0 Å². The highest BCUT2D eigenvalue weighted by atomic mass is 32.2. The summed E-state index contributed by atoms with van der Waals surface area (Å²) in [5.74, 6) is -0.555. The van der Waals surface area contributed by atoms with E-state index in [9.17, 15) is 13.2 Å². The summed E-state index contributed by atoms with van der Waals surface area (Å²) in [7, 11) is -2.38. The number of ether oxygens (including phenoxy) is 2. The van der Waals surface area contributed by atoms with Crippen LogP contribution in [-0.2, 0) is 26.1 Å². The standard InChI is InChI=1S/C20H23NO5S/c1-25-20(22)17-8-5-9-19(14-17)27(23,24)21-12-10-18(11-13-21)26-15-16-6-3-2-4-7-16/h2-9,14,18H,10-13,15H2,1H3. The van der Waals surface area contributed by atoms with Gasteiger partial charge in [0.25, 0.3) is 0 Å². The van der Waals surface area contributed by atoms with Gasteiger partial charge in [-0.3, -0.25) is 0 Å². The minimum Gasteiger partial charge on any atom is -0.465 e. The molecule has 1 saturated heterocycles. The molecule has 0 amide bonds. The van der Waals surface area contributed by atoms with E-state index in [0.29, 0.717) is 32.5 Å². The maximum Gasteiger partial charge on any atom is 0.337 e. The minimum absolute atomic E-state index is 0.0399. The van der Waals surface area contributed by atoms with Gasteiger partial charge >= 0.3 is 5.97 Å². The van der Waals surface area contributed by atoms with Gasteiger partial charge in [-0.15, -0.1) is 0 Å². The van der Waals surface area contributed by atoms with Gasteiger partial charge in [0, 0.05) is 13.1 Å². The molecule has 0 atom stereocenters. The van der Waals surface area contributed by atoms with Gasteiger partial charge in [0.2, 0.25) is 10.0 Å². The van der Waals surface area contributed by atoms with E-state index >= 15 is 0 Å². The molecule has 1 fully saturated rings. The van der Waals surface area contributed by atoms with Crippen molar-refractivity contribution < 1.29 is 22.7 Å². The fourth-order valence-corrected chi connectivity index (χ4v) is 4.59. The molecule has 0 aliphatic carbocycles. The third kappa shape index (κ3) is 4.74. The van der Waals surface area contributed by atoms with Crippen LogP contribution in [0.1, 0.15) is 28.8 Å². The molecule has 0 aromatic heterocycles. The highest BCUT2D eigenvalue weighted by Crippen LogP contribution is 2.23. The van der Waals surface area contributed by atoms with Gasteiger partial charge in [-0.1, -0.05) is 36.4 Å². The molecular formula is C20H23NO5S. The van der Waals surface area contributed by atoms with Crippen LogP contribution in [0.25, 0.3) is 0 Å². The number of rotatable bonds is 6. The molecule has 0 bridgehead atoms. The highest BCUT2D eigenvalue weighted by Gasteiger charge is 2.30. The van der Waals surface area contributed by atoms with Crippen LogP contribution < -0.4 is 0 Å². The van der Waals surface area contributed by atoms with Crippen molar-refractivity contribution in [1.29, 1.82) is 0 Å². The Bertz CT molecular complexity index is 874. The van der Waals surface area contributed by atoms with Gasteiger partial charge in [0.05, 0.1) is 30.3 Å². The molecule has 0 unspecified atom stereocenters. The van der Waals surface area contributed by atoms with E-state index in [2.05, 4.69) is 4.74 Å². The molecule has 0 spiro atoms. The van der Waals surface area contributed by atoms with Crippen molar-refractivity contribution in [1.82, 2.24) is 4.31 Å². The normalized spacial score (nSPS) is 16.2. The number of sulfonamides is 1. The van der Waals surface area contributed by atoms with Crippen molar-refractivity contribution in [2.75, 3.05) is 20.2 Å². The Morgan fingerprint density at radius 1 is 1.07 bits per heavy atom. The van der Waals surface area contributed by atoms with E-state index in [1.54, 1.807) is 6.07 Å². The second kappa shape index (κ2) is 8.65. The number of carbonyl (C=O) groups is 1. The Hall–Kier alpha value is -2.22. The largest absolute Gasteiger partial charge is 0.465 e. The molecule has 1 aliphatic rings. The Morgan fingerprint density at radius 2 is 1.78 bits per heavy atom. The van der Waals surface area contributed by atoms with Gasteiger partial charge in [-0.05, 0) is 36.6 Å². The van der Waals surface area contributed by atoms with E-state index in [-0.39, 0.29) is 16.6 Å². The molecule has 7 heteroatoms. The molecule has 1 aliphatic heterocycles. The van der Waals surface area contributed by atoms with Gasteiger partial charge in [0.15, 0.2) is 0 Å². The molecule has 2 aromatic rings. The topological polar surface area (TPSA) is 72.9 Å². The van der Waals surface area contributed by atoms with Crippen molar-refractivity contribution >= 4 is 16.0 Å². The Kier molecular flexibility index (Phi) is 6.26. The summed E-state index contributed by atoms with van der Waals surface area (Å²) in [4.78, 5) is 11.8. The Morgan fingerprint density at radius 3 is 2.44 bits per heavy atom. The summed E-state index contributed by atoms with van der Waals surface area (Å²) < 4.78 is 37.8. The predicted molar refractivity (Wildman–Crippen MR) is 101 cm³/mol. The number of hydrogen-bond donors (Lipinski definition) is 0. The van der Waals surface area contributed by atoms with Crippen LogP contribution >= 0.6 is 0 Å². The molecule has 144 valence electrons. The minimum atomic E-state index is -3.65. The second-order valence-electron chi connectivity index (χ2n) is 6.42. The first-order valence-corrected chi connectivity index (χ1v) is 10.3. The first-order chi connectivity index (χ1) is 13.0. The van der Waals surface area contributed by atoms with Crippen molar-refractivity contribution in [3.63, 3.8) is 0 Å². The van der Waals surface area contributed by atoms with Crippen LogP contribution in [0.5, 0.6) is 0 Å². The lowest BCUT2D eigenvalue weighted by Gasteiger charge is -2.31. The van der Waals surface area contributed by atoms with Gasteiger partial charge in [-0.2, -0.15) is 4.31 Å². The number of esters is 1. The average Bonchev–Trinajstić information content (AvgIpc) is 2.73. The third-order valence-electron chi connectivity index (χ3n) is 4.62. The lowest BCUT2D eigenvalue weighted by Crippen LogP contribution is -2.40. The van der Waals surface area contributed by atoms with Crippen molar-refractivity contribution in [3.05, 3.63) is 65.7 Å². The summed E-state index contributed by atoms with van der Waals surface area (Å²) in [6.45, 7) is 1.31. The maximum atomic E-state index is 12.9. The molecule has 1 heterocycles. The summed E-state index contributed by atoms with van der Waals surface area (Å²) in [6, 6.07) is 15.9. The predicted octanol–water partition coefficient (Wildman–Crippen LogP) is 2.84. The van der Waals surface area contributed by atoms with Crippen molar-refractivity contribution in [3.8, 4) is 0 Å². The smallest absolute Gasteiger partial charge is 0.337 e. The monoisotopic (exact) mass is 389 g/mol. The van der Waals surface area contributed by atoms with Gasteiger partial charge in [-0.25, -0.2) is 13.2 Å². The fourth-order valence-electron chi connectivity index (χ4n) is 3.08. The Balaban J connectivity index is 1.60. The van der Waals surface area contributed by atoms with Crippen LogP contribution in [0.15, 0.2) is 59.5 Å². The summed E-state index contributed by atoms with van der Waals surface area (Å²) in [5, 5.41) is 0. The average molecular weight is 389 g/mol. The van der Waals surface area contributed by atoms with Crippen LogP contribution in [0, 0.1) is 0 Å². The lowest BCUT2D eigenvalue weighted by molar-refractivity contribution is 0.0102. The van der Waals surface area contributed by atoms with Gasteiger partial charge < -0.3 is 9.47 Å².